The minimum Gasteiger partial charge on any atom is -0.480 e. The topological polar surface area (TPSA) is 157 Å². The summed E-state index contributed by atoms with van der Waals surface area (Å²) >= 11 is 6.46. The standard InChI is InChI=1S/C32H43ClN6O5.C2HF3O2/c1-20-6-7-27(14-28(20)33)38(31(43)24-8-12-36(13-9-24)23(4)40)11-5-10-35-15-25-17-37(18-26(25)16-35)32(44)30-21(2)34-39(22(30)3)19-29(41)42;3-2(4,5)1(6)7/h6-7,14,24-26H,5,8-13,15-19H2,1-4H3,(H,41,42);(H,6,7). The maximum absolute atomic E-state index is 13.8. The Kier molecular flexibility index (Phi) is 12.8. The number of alkyl halides is 3. The number of likely N-dealkylation sites (tertiary alicyclic amines) is 3. The highest BCUT2D eigenvalue weighted by molar-refractivity contribution is 6.31. The van der Waals surface area contributed by atoms with Crippen molar-refractivity contribution in [1.29, 1.82) is 0 Å². The van der Waals surface area contributed by atoms with Crippen LogP contribution in [0.25, 0.3) is 0 Å². The first-order valence-electron chi connectivity index (χ1n) is 16.8. The lowest BCUT2D eigenvalue weighted by atomic mass is 9.94. The van der Waals surface area contributed by atoms with Gasteiger partial charge in [-0.05, 0) is 76.1 Å². The number of carbonyl (C=O) groups is 5. The minimum atomic E-state index is -5.08. The summed E-state index contributed by atoms with van der Waals surface area (Å²) in [7, 11) is 0. The fourth-order valence-electron chi connectivity index (χ4n) is 7.12. The van der Waals surface area contributed by atoms with E-state index >= 15 is 0 Å². The number of fused-ring (bicyclic) bond motifs is 1. The number of halogens is 4. The zero-order chi connectivity index (χ0) is 37.8. The van der Waals surface area contributed by atoms with E-state index in [4.69, 9.17) is 26.6 Å². The Morgan fingerprint density at radius 3 is 2.06 bits per heavy atom. The van der Waals surface area contributed by atoms with Gasteiger partial charge in [0.2, 0.25) is 11.8 Å². The number of benzene rings is 1. The number of carbonyl (C=O) groups excluding carboxylic acids is 3. The number of aliphatic carboxylic acids is 2. The summed E-state index contributed by atoms with van der Waals surface area (Å²) < 4.78 is 33.1. The average Bonchev–Trinajstić information content (AvgIpc) is 3.71. The largest absolute Gasteiger partial charge is 0.490 e. The van der Waals surface area contributed by atoms with Gasteiger partial charge < -0.3 is 29.8 Å². The summed E-state index contributed by atoms with van der Waals surface area (Å²) in [5.41, 5.74) is 3.44. The van der Waals surface area contributed by atoms with Gasteiger partial charge in [0, 0.05) is 75.1 Å². The van der Waals surface area contributed by atoms with Crippen LogP contribution in [0.1, 0.15) is 53.5 Å². The van der Waals surface area contributed by atoms with Gasteiger partial charge in [-0.3, -0.25) is 23.9 Å². The average molecular weight is 741 g/mol. The molecule has 2 N–H and O–H groups in total. The Morgan fingerprint density at radius 2 is 1.55 bits per heavy atom. The van der Waals surface area contributed by atoms with Crippen LogP contribution in [0, 0.1) is 38.5 Å². The van der Waals surface area contributed by atoms with E-state index in [0.29, 0.717) is 79.4 Å². The lowest BCUT2D eigenvalue weighted by Gasteiger charge is -2.34. The van der Waals surface area contributed by atoms with E-state index < -0.39 is 18.1 Å². The van der Waals surface area contributed by atoms with E-state index in [1.165, 1.54) is 4.68 Å². The molecule has 51 heavy (non-hydrogen) atoms. The maximum Gasteiger partial charge on any atom is 0.490 e. The summed E-state index contributed by atoms with van der Waals surface area (Å²) in [5.74, 6) is -3.03. The highest BCUT2D eigenvalue weighted by atomic mass is 35.5. The molecule has 2 unspecified atom stereocenters. The highest BCUT2D eigenvalue weighted by Gasteiger charge is 2.42. The molecule has 3 fully saturated rings. The van der Waals surface area contributed by atoms with Gasteiger partial charge in [0.1, 0.15) is 6.54 Å². The predicted octanol–water partition coefficient (Wildman–Crippen LogP) is 3.87. The molecule has 4 heterocycles. The van der Waals surface area contributed by atoms with Crippen molar-refractivity contribution >= 4 is 46.9 Å². The van der Waals surface area contributed by atoms with Crippen LogP contribution in [0.2, 0.25) is 5.02 Å². The number of anilines is 1. The Hall–Kier alpha value is -4.18. The van der Waals surface area contributed by atoms with Gasteiger partial charge >= 0.3 is 18.1 Å². The number of piperidine rings is 1. The van der Waals surface area contributed by atoms with Gasteiger partial charge in [-0.2, -0.15) is 18.3 Å². The first-order chi connectivity index (χ1) is 23.9. The number of hydrogen-bond acceptors (Lipinski definition) is 7. The van der Waals surface area contributed by atoms with Crippen molar-refractivity contribution in [3.05, 3.63) is 45.7 Å². The lowest BCUT2D eigenvalue weighted by Crippen LogP contribution is -2.44. The Balaban J connectivity index is 0.000000755. The third-order valence-electron chi connectivity index (χ3n) is 9.85. The van der Waals surface area contributed by atoms with Crippen molar-refractivity contribution in [2.75, 3.05) is 57.3 Å². The molecule has 0 bridgehead atoms. The second kappa shape index (κ2) is 16.4. The zero-order valence-electron chi connectivity index (χ0n) is 29.1. The number of carboxylic acid groups (broad SMARTS) is 2. The van der Waals surface area contributed by atoms with Gasteiger partial charge in [-0.1, -0.05) is 17.7 Å². The van der Waals surface area contributed by atoms with Gasteiger partial charge in [0.25, 0.3) is 5.91 Å². The van der Waals surface area contributed by atoms with Crippen LogP contribution in [0.4, 0.5) is 18.9 Å². The summed E-state index contributed by atoms with van der Waals surface area (Å²) in [4.78, 5) is 67.1. The molecule has 3 saturated heterocycles. The molecule has 1 aromatic heterocycles. The van der Waals surface area contributed by atoms with Crippen LogP contribution >= 0.6 is 11.6 Å². The molecule has 0 spiro atoms. The number of rotatable bonds is 9. The first kappa shape index (κ1) is 39.6. The third kappa shape index (κ3) is 9.79. The molecule has 13 nitrogen and oxygen atoms in total. The molecule has 3 aliphatic rings. The minimum absolute atomic E-state index is 0.0537. The third-order valence-corrected chi connectivity index (χ3v) is 10.3. The lowest BCUT2D eigenvalue weighted by molar-refractivity contribution is -0.192. The van der Waals surface area contributed by atoms with Crippen LogP contribution in [0.3, 0.4) is 0 Å². The number of amides is 3. The van der Waals surface area contributed by atoms with Gasteiger partial charge in [-0.15, -0.1) is 0 Å². The molecule has 3 aliphatic heterocycles. The Morgan fingerprint density at radius 1 is 0.961 bits per heavy atom. The molecule has 0 radical (unpaired) electrons. The second-order valence-corrected chi connectivity index (χ2v) is 13.9. The molecular weight excluding hydrogens is 697 g/mol. The summed E-state index contributed by atoms with van der Waals surface area (Å²) in [5, 5.41) is 21.2. The van der Waals surface area contributed by atoms with E-state index in [1.807, 2.05) is 39.8 Å². The summed E-state index contributed by atoms with van der Waals surface area (Å²) in [6, 6.07) is 5.79. The van der Waals surface area contributed by atoms with E-state index in [-0.39, 0.29) is 30.2 Å². The van der Waals surface area contributed by atoms with E-state index in [0.717, 1.165) is 37.3 Å². The number of aromatic nitrogens is 2. The van der Waals surface area contributed by atoms with Crippen LogP contribution in [-0.2, 0) is 25.7 Å². The fraction of sp³-hybridized carbons (Fsp3) is 0.588. The van der Waals surface area contributed by atoms with Crippen molar-refractivity contribution in [3.63, 3.8) is 0 Å². The fourth-order valence-corrected chi connectivity index (χ4v) is 7.29. The number of nitrogens with zero attached hydrogens (tertiary/aromatic N) is 6. The van der Waals surface area contributed by atoms with E-state index in [9.17, 15) is 32.3 Å². The van der Waals surface area contributed by atoms with Crippen LogP contribution < -0.4 is 4.90 Å². The van der Waals surface area contributed by atoms with Gasteiger partial charge in [0.15, 0.2) is 0 Å². The van der Waals surface area contributed by atoms with Crippen LogP contribution in [0.5, 0.6) is 0 Å². The van der Waals surface area contributed by atoms with Gasteiger partial charge in [0.05, 0.1) is 11.3 Å². The molecule has 2 atom stereocenters. The summed E-state index contributed by atoms with van der Waals surface area (Å²) in [6.07, 6.45) is -2.94. The van der Waals surface area contributed by atoms with Crippen LogP contribution in [0.15, 0.2) is 18.2 Å². The van der Waals surface area contributed by atoms with Gasteiger partial charge in [-0.25, -0.2) is 4.79 Å². The molecular formula is C34H44ClF3N6O7. The molecule has 1 aromatic carbocycles. The molecule has 0 saturated carbocycles. The quantitative estimate of drug-likeness (QED) is 0.390. The van der Waals surface area contributed by atoms with Crippen molar-refractivity contribution < 1.29 is 47.4 Å². The number of carboxylic acids is 2. The van der Waals surface area contributed by atoms with Crippen molar-refractivity contribution in [2.45, 2.75) is 59.7 Å². The molecule has 280 valence electrons. The second-order valence-electron chi connectivity index (χ2n) is 13.4. The van der Waals surface area contributed by atoms with Crippen molar-refractivity contribution in [1.82, 2.24) is 24.5 Å². The molecule has 2 aromatic rings. The molecule has 0 aliphatic carbocycles. The maximum atomic E-state index is 13.8. The van der Waals surface area contributed by atoms with Crippen molar-refractivity contribution in [3.8, 4) is 0 Å². The SMILES string of the molecule is CC(=O)N1CCC(C(=O)N(CCCN2CC3CN(C(=O)c4c(C)nn(CC(=O)O)c4C)CC3C2)c2ccc(C)c(Cl)c2)CC1.O=C(O)C(F)(F)F. The molecule has 3 amide bonds. The number of hydrogen-bond donors (Lipinski definition) is 2. The van der Waals surface area contributed by atoms with Crippen LogP contribution in [-0.4, -0.2) is 123 Å². The first-order valence-corrected chi connectivity index (χ1v) is 17.2. The smallest absolute Gasteiger partial charge is 0.480 e. The predicted molar refractivity (Wildman–Crippen MR) is 180 cm³/mol. The molecule has 17 heteroatoms. The highest BCUT2D eigenvalue weighted by Crippen LogP contribution is 2.33. The normalized spacial score (nSPS) is 19.4. The zero-order valence-corrected chi connectivity index (χ0v) is 29.8. The Bertz CT molecular complexity index is 1630. The number of aryl methyl sites for hydroxylation is 2. The molecule has 5 rings (SSSR count). The Labute approximate surface area is 298 Å². The monoisotopic (exact) mass is 740 g/mol. The van der Waals surface area contributed by atoms with E-state index in [2.05, 4.69) is 10.00 Å². The van der Waals surface area contributed by atoms with Crippen molar-refractivity contribution in [2.24, 2.45) is 17.8 Å². The summed E-state index contributed by atoms with van der Waals surface area (Å²) in [6.45, 7) is 12.6. The van der Waals surface area contributed by atoms with E-state index in [1.54, 1.807) is 20.8 Å².